The maximum absolute atomic E-state index is 10.7. The van der Waals surface area contributed by atoms with Crippen molar-refractivity contribution >= 4 is 17.0 Å². The summed E-state index contributed by atoms with van der Waals surface area (Å²) in [6.07, 6.45) is 0. The van der Waals surface area contributed by atoms with E-state index in [0.717, 1.165) is 11.3 Å². The third-order valence-electron chi connectivity index (χ3n) is 1.88. The van der Waals surface area contributed by atoms with E-state index in [-0.39, 0.29) is 0 Å². The van der Waals surface area contributed by atoms with Crippen molar-refractivity contribution in [2.24, 2.45) is 0 Å². The van der Waals surface area contributed by atoms with E-state index >= 15 is 0 Å². The highest BCUT2D eigenvalue weighted by Gasteiger charge is 2.04. The highest BCUT2D eigenvalue weighted by Crippen LogP contribution is 2.12. The van der Waals surface area contributed by atoms with E-state index in [1.54, 1.807) is 14.2 Å². The van der Waals surface area contributed by atoms with E-state index in [2.05, 4.69) is 0 Å². The lowest BCUT2D eigenvalue weighted by atomic mass is 10.2. The van der Waals surface area contributed by atoms with Gasteiger partial charge in [0.2, 0.25) is 0 Å². The Morgan fingerprint density at radius 2 is 2.00 bits per heavy atom. The van der Waals surface area contributed by atoms with E-state index in [0.29, 0.717) is 6.54 Å². The van der Waals surface area contributed by atoms with Crippen LogP contribution >= 0.6 is 11.6 Å². The average molecular weight is 214 g/mol. The van der Waals surface area contributed by atoms with E-state index in [4.69, 9.17) is 16.3 Å². The number of methoxy groups -OCH3 is 1. The molecule has 1 amide bonds. The number of halogens is 1. The molecule has 0 unspecified atom stereocenters. The van der Waals surface area contributed by atoms with Crippen LogP contribution in [0.15, 0.2) is 24.3 Å². The Labute approximate surface area is 88.2 Å². The lowest BCUT2D eigenvalue weighted by molar-refractivity contribution is 0.230. The number of hydrogen-bond acceptors (Lipinski definition) is 2. The van der Waals surface area contributed by atoms with E-state index in [1.807, 2.05) is 24.3 Å². The summed E-state index contributed by atoms with van der Waals surface area (Å²) >= 11 is 5.30. The van der Waals surface area contributed by atoms with Gasteiger partial charge >= 0.3 is 5.37 Å². The molecule has 4 heteroatoms. The number of rotatable bonds is 3. The molecule has 1 rings (SSSR count). The van der Waals surface area contributed by atoms with Crippen LogP contribution in [0.25, 0.3) is 0 Å². The molecule has 0 atom stereocenters. The van der Waals surface area contributed by atoms with E-state index < -0.39 is 5.37 Å². The molecule has 0 aliphatic carbocycles. The van der Waals surface area contributed by atoms with Gasteiger partial charge in [0, 0.05) is 13.6 Å². The van der Waals surface area contributed by atoms with Crippen molar-refractivity contribution in [2.45, 2.75) is 6.54 Å². The lowest BCUT2D eigenvalue weighted by Gasteiger charge is -2.13. The Morgan fingerprint density at radius 3 is 2.43 bits per heavy atom. The highest BCUT2D eigenvalue weighted by molar-refractivity contribution is 6.62. The molecule has 0 fully saturated rings. The van der Waals surface area contributed by atoms with E-state index in [1.165, 1.54) is 4.90 Å². The lowest BCUT2D eigenvalue weighted by Crippen LogP contribution is -2.19. The molecule has 0 heterocycles. The van der Waals surface area contributed by atoms with Gasteiger partial charge in [0.05, 0.1) is 7.11 Å². The summed E-state index contributed by atoms with van der Waals surface area (Å²) in [5, 5.41) is -0.458. The summed E-state index contributed by atoms with van der Waals surface area (Å²) in [6, 6.07) is 7.49. The van der Waals surface area contributed by atoms with Crippen molar-refractivity contribution in [3.8, 4) is 5.75 Å². The second kappa shape index (κ2) is 4.86. The largest absolute Gasteiger partial charge is 0.497 e. The molecule has 1 aromatic carbocycles. The maximum atomic E-state index is 10.7. The second-order valence-electron chi connectivity index (χ2n) is 2.96. The third kappa shape index (κ3) is 2.92. The summed E-state index contributed by atoms with van der Waals surface area (Å²) in [4.78, 5) is 12.2. The van der Waals surface area contributed by atoms with Gasteiger partial charge in [-0.2, -0.15) is 0 Å². The molecule has 0 saturated carbocycles. The summed E-state index contributed by atoms with van der Waals surface area (Å²) < 4.78 is 5.01. The smallest absolute Gasteiger partial charge is 0.316 e. The van der Waals surface area contributed by atoms with Gasteiger partial charge in [-0.3, -0.25) is 4.79 Å². The first-order chi connectivity index (χ1) is 6.63. The fourth-order valence-corrected chi connectivity index (χ4v) is 1.13. The number of carbonyl (C=O) groups is 1. The van der Waals surface area contributed by atoms with Crippen LogP contribution in [0.2, 0.25) is 0 Å². The zero-order chi connectivity index (χ0) is 10.6. The van der Waals surface area contributed by atoms with Crippen LogP contribution in [-0.4, -0.2) is 24.4 Å². The Balaban J connectivity index is 2.64. The number of amides is 1. The van der Waals surface area contributed by atoms with Crippen LogP contribution in [0, 0.1) is 0 Å². The molecule has 0 radical (unpaired) electrons. The average Bonchev–Trinajstić information content (AvgIpc) is 2.19. The molecule has 0 aromatic heterocycles. The molecule has 3 nitrogen and oxygen atoms in total. The number of ether oxygens (including phenoxy) is 1. The third-order valence-corrected chi connectivity index (χ3v) is 2.17. The van der Waals surface area contributed by atoms with Crippen molar-refractivity contribution in [1.29, 1.82) is 0 Å². The second-order valence-corrected chi connectivity index (χ2v) is 3.28. The van der Waals surface area contributed by atoms with Crippen LogP contribution in [0.1, 0.15) is 5.56 Å². The molecule has 0 N–H and O–H groups in total. The Hall–Kier alpha value is -1.22. The van der Waals surface area contributed by atoms with Crippen LogP contribution in [0.5, 0.6) is 5.75 Å². The molecule has 0 saturated heterocycles. The van der Waals surface area contributed by atoms with Crippen LogP contribution in [0.3, 0.4) is 0 Å². The zero-order valence-corrected chi connectivity index (χ0v) is 8.91. The van der Waals surface area contributed by atoms with Crippen LogP contribution < -0.4 is 4.74 Å². The Bertz CT molecular complexity index is 310. The monoisotopic (exact) mass is 213 g/mol. The van der Waals surface area contributed by atoms with Gasteiger partial charge in [-0.25, -0.2) is 0 Å². The molecule has 14 heavy (non-hydrogen) atoms. The maximum Gasteiger partial charge on any atom is 0.316 e. The number of nitrogens with zero attached hydrogens (tertiary/aromatic N) is 1. The predicted octanol–water partition coefficient (Wildman–Crippen LogP) is 2.49. The van der Waals surface area contributed by atoms with Gasteiger partial charge in [0.1, 0.15) is 5.75 Å². The van der Waals surface area contributed by atoms with Gasteiger partial charge in [0.15, 0.2) is 0 Å². The van der Waals surface area contributed by atoms with Gasteiger partial charge in [0.25, 0.3) is 0 Å². The summed E-state index contributed by atoms with van der Waals surface area (Å²) in [7, 11) is 3.27. The number of carbonyl (C=O) groups excluding carboxylic acids is 1. The minimum Gasteiger partial charge on any atom is -0.497 e. The number of hydrogen-bond donors (Lipinski definition) is 0. The molecule has 0 bridgehead atoms. The first-order valence-electron chi connectivity index (χ1n) is 4.17. The van der Waals surface area contributed by atoms with Crippen molar-refractivity contribution in [2.75, 3.05) is 14.2 Å². The SMILES string of the molecule is COc1ccc(CN(C)C(=O)Cl)cc1. The molecule has 0 spiro atoms. The number of benzene rings is 1. The molecule has 0 aliphatic rings. The summed E-state index contributed by atoms with van der Waals surface area (Å²) in [5.41, 5.74) is 1.02. The van der Waals surface area contributed by atoms with Crippen molar-refractivity contribution in [3.05, 3.63) is 29.8 Å². The summed E-state index contributed by atoms with van der Waals surface area (Å²) in [6.45, 7) is 0.506. The van der Waals surface area contributed by atoms with Crippen molar-refractivity contribution in [1.82, 2.24) is 4.90 Å². The fourth-order valence-electron chi connectivity index (χ4n) is 1.07. The molecule has 0 aliphatic heterocycles. The first kappa shape index (κ1) is 10.9. The predicted molar refractivity (Wildman–Crippen MR) is 55.7 cm³/mol. The standard InChI is InChI=1S/C10H12ClNO2/c1-12(10(11)13)7-8-3-5-9(14-2)6-4-8/h3-6H,7H2,1-2H3. The van der Waals surface area contributed by atoms with Gasteiger partial charge in [-0.1, -0.05) is 12.1 Å². The highest BCUT2D eigenvalue weighted by atomic mass is 35.5. The Kier molecular flexibility index (Phi) is 3.77. The van der Waals surface area contributed by atoms with Crippen LogP contribution in [0.4, 0.5) is 4.79 Å². The molecule has 76 valence electrons. The molecule has 1 aromatic rings. The Morgan fingerprint density at radius 1 is 1.43 bits per heavy atom. The van der Waals surface area contributed by atoms with Gasteiger partial charge in [-0.15, -0.1) is 0 Å². The first-order valence-corrected chi connectivity index (χ1v) is 4.55. The van der Waals surface area contributed by atoms with Gasteiger partial charge < -0.3 is 9.64 Å². The molecular weight excluding hydrogens is 202 g/mol. The minimum atomic E-state index is -0.458. The van der Waals surface area contributed by atoms with Crippen molar-refractivity contribution in [3.63, 3.8) is 0 Å². The topological polar surface area (TPSA) is 29.5 Å². The van der Waals surface area contributed by atoms with Crippen LogP contribution in [-0.2, 0) is 6.54 Å². The quantitative estimate of drug-likeness (QED) is 0.570. The fraction of sp³-hybridized carbons (Fsp3) is 0.300. The zero-order valence-electron chi connectivity index (χ0n) is 8.16. The summed E-state index contributed by atoms with van der Waals surface area (Å²) in [5.74, 6) is 0.800. The normalized spacial score (nSPS) is 9.64. The minimum absolute atomic E-state index is 0.458. The van der Waals surface area contributed by atoms with Gasteiger partial charge in [-0.05, 0) is 29.3 Å². The van der Waals surface area contributed by atoms with Crippen molar-refractivity contribution < 1.29 is 9.53 Å². The van der Waals surface area contributed by atoms with E-state index in [9.17, 15) is 4.79 Å². The molecular formula is C10H12ClNO2.